The highest BCUT2D eigenvalue weighted by Gasteiger charge is 2.09. The molecule has 2 nitrogen and oxygen atoms in total. The lowest BCUT2D eigenvalue weighted by Crippen LogP contribution is -2.05. The second-order valence-electron chi connectivity index (χ2n) is 2.90. The Balaban J connectivity index is 2.97. The fourth-order valence-electron chi connectivity index (χ4n) is 1.32. The monoisotopic (exact) mass is 178 g/mol. The van der Waals surface area contributed by atoms with Crippen molar-refractivity contribution in [1.29, 1.82) is 0 Å². The third-order valence-electron chi connectivity index (χ3n) is 1.94. The smallest absolute Gasteiger partial charge is 0.338 e. The lowest BCUT2D eigenvalue weighted by molar-refractivity contribution is 0.0599. The van der Waals surface area contributed by atoms with Gasteiger partial charge < -0.3 is 4.74 Å². The molecule has 0 fully saturated rings. The van der Waals surface area contributed by atoms with E-state index < -0.39 is 0 Å². The van der Waals surface area contributed by atoms with Crippen LogP contribution in [0.25, 0.3) is 0 Å². The molecule has 13 heavy (non-hydrogen) atoms. The molecule has 70 valence electrons. The number of hydrogen-bond donors (Lipinski definition) is 0. The zero-order valence-electron chi connectivity index (χ0n) is 8.04. The molecular formula is C11H14O2. The first-order chi connectivity index (χ1) is 6.29. The molecule has 1 aromatic rings. The number of rotatable bonds is 3. The van der Waals surface area contributed by atoms with Crippen LogP contribution < -0.4 is 0 Å². The lowest BCUT2D eigenvalue weighted by Gasteiger charge is -2.05. The van der Waals surface area contributed by atoms with E-state index >= 15 is 0 Å². The Labute approximate surface area is 78.5 Å². The maximum absolute atomic E-state index is 11.3. The van der Waals surface area contributed by atoms with Gasteiger partial charge in [0.05, 0.1) is 12.7 Å². The molecule has 2 heteroatoms. The normalized spacial score (nSPS) is 9.69. The molecule has 0 aliphatic heterocycles. The van der Waals surface area contributed by atoms with E-state index in [-0.39, 0.29) is 5.97 Å². The standard InChI is InChI=1S/C11H14O2/c1-3-6-9-7-4-5-8-10(9)11(12)13-2/h4-5,7-8H,3,6H2,1-2H3. The number of benzene rings is 1. The van der Waals surface area contributed by atoms with E-state index in [2.05, 4.69) is 11.7 Å². The summed E-state index contributed by atoms with van der Waals surface area (Å²) in [5.74, 6) is -0.246. The topological polar surface area (TPSA) is 26.3 Å². The van der Waals surface area contributed by atoms with Gasteiger partial charge in [-0.05, 0) is 18.1 Å². The molecule has 1 rings (SSSR count). The number of carbonyl (C=O) groups is 1. The predicted molar refractivity (Wildman–Crippen MR) is 51.8 cm³/mol. The fourth-order valence-corrected chi connectivity index (χ4v) is 1.32. The van der Waals surface area contributed by atoms with Crippen molar-refractivity contribution >= 4 is 5.97 Å². The van der Waals surface area contributed by atoms with Crippen LogP contribution in [-0.4, -0.2) is 13.1 Å². The molecule has 0 bridgehead atoms. The minimum Gasteiger partial charge on any atom is -0.465 e. The molecule has 0 N–H and O–H groups in total. The van der Waals surface area contributed by atoms with Crippen molar-refractivity contribution in [3.05, 3.63) is 35.4 Å². The molecule has 0 heterocycles. The Kier molecular flexibility index (Phi) is 3.50. The molecule has 1 aromatic carbocycles. The van der Waals surface area contributed by atoms with Gasteiger partial charge in [-0.3, -0.25) is 0 Å². The average molecular weight is 178 g/mol. The number of hydrogen-bond acceptors (Lipinski definition) is 2. The molecule has 0 saturated heterocycles. The highest BCUT2D eigenvalue weighted by Crippen LogP contribution is 2.11. The Morgan fingerprint density at radius 3 is 2.69 bits per heavy atom. The van der Waals surface area contributed by atoms with Gasteiger partial charge in [-0.1, -0.05) is 31.5 Å². The van der Waals surface area contributed by atoms with Gasteiger partial charge in [-0.2, -0.15) is 0 Å². The molecular weight excluding hydrogens is 164 g/mol. The first-order valence-electron chi connectivity index (χ1n) is 4.45. The van der Waals surface area contributed by atoms with Crippen LogP contribution in [0, 0.1) is 0 Å². The second-order valence-corrected chi connectivity index (χ2v) is 2.90. The summed E-state index contributed by atoms with van der Waals surface area (Å²) >= 11 is 0. The van der Waals surface area contributed by atoms with Crippen LogP contribution in [0.2, 0.25) is 0 Å². The van der Waals surface area contributed by atoms with Crippen molar-refractivity contribution in [3.63, 3.8) is 0 Å². The van der Waals surface area contributed by atoms with Gasteiger partial charge in [-0.15, -0.1) is 0 Å². The van der Waals surface area contributed by atoms with Crippen LogP contribution in [-0.2, 0) is 11.2 Å². The summed E-state index contributed by atoms with van der Waals surface area (Å²) in [6, 6.07) is 7.56. The quantitative estimate of drug-likeness (QED) is 0.664. The largest absolute Gasteiger partial charge is 0.465 e. The number of carbonyl (C=O) groups excluding carboxylic acids is 1. The van der Waals surface area contributed by atoms with Crippen molar-refractivity contribution in [2.24, 2.45) is 0 Å². The maximum Gasteiger partial charge on any atom is 0.338 e. The van der Waals surface area contributed by atoms with Crippen molar-refractivity contribution in [2.75, 3.05) is 7.11 Å². The van der Waals surface area contributed by atoms with E-state index in [1.165, 1.54) is 7.11 Å². The number of esters is 1. The van der Waals surface area contributed by atoms with Crippen LogP contribution in [0.1, 0.15) is 29.3 Å². The molecule has 0 saturated carbocycles. The summed E-state index contributed by atoms with van der Waals surface area (Å²) < 4.78 is 4.68. The minimum atomic E-state index is -0.246. The Morgan fingerprint density at radius 1 is 1.38 bits per heavy atom. The Bertz CT molecular complexity index is 292. The van der Waals surface area contributed by atoms with E-state index in [9.17, 15) is 4.79 Å². The van der Waals surface area contributed by atoms with Gasteiger partial charge in [0.25, 0.3) is 0 Å². The summed E-state index contributed by atoms with van der Waals surface area (Å²) in [6.45, 7) is 2.09. The van der Waals surface area contributed by atoms with Crippen molar-refractivity contribution in [1.82, 2.24) is 0 Å². The van der Waals surface area contributed by atoms with Crippen LogP contribution in [0.3, 0.4) is 0 Å². The van der Waals surface area contributed by atoms with E-state index in [1.807, 2.05) is 18.2 Å². The number of ether oxygens (including phenoxy) is 1. The summed E-state index contributed by atoms with van der Waals surface area (Å²) in [5, 5.41) is 0. The van der Waals surface area contributed by atoms with Gasteiger partial charge in [0.15, 0.2) is 0 Å². The Hall–Kier alpha value is -1.31. The molecule has 0 aliphatic rings. The van der Waals surface area contributed by atoms with Gasteiger partial charge >= 0.3 is 5.97 Å². The second kappa shape index (κ2) is 4.65. The van der Waals surface area contributed by atoms with Crippen molar-refractivity contribution in [3.8, 4) is 0 Å². The molecule has 0 amide bonds. The van der Waals surface area contributed by atoms with Crippen LogP contribution >= 0.6 is 0 Å². The molecule has 0 aliphatic carbocycles. The van der Waals surface area contributed by atoms with Crippen molar-refractivity contribution < 1.29 is 9.53 Å². The third-order valence-corrected chi connectivity index (χ3v) is 1.94. The molecule has 0 radical (unpaired) electrons. The summed E-state index contributed by atoms with van der Waals surface area (Å²) in [7, 11) is 1.41. The van der Waals surface area contributed by atoms with E-state index in [4.69, 9.17) is 0 Å². The van der Waals surface area contributed by atoms with E-state index in [0.717, 1.165) is 18.4 Å². The first kappa shape index (κ1) is 9.78. The average Bonchev–Trinajstić information content (AvgIpc) is 2.18. The molecule has 0 spiro atoms. The SMILES string of the molecule is CCCc1ccccc1C(=O)OC. The highest BCUT2D eigenvalue weighted by atomic mass is 16.5. The molecule has 0 unspecified atom stereocenters. The highest BCUT2D eigenvalue weighted by molar-refractivity contribution is 5.90. The number of methoxy groups -OCH3 is 1. The lowest BCUT2D eigenvalue weighted by atomic mass is 10.0. The first-order valence-corrected chi connectivity index (χ1v) is 4.45. The summed E-state index contributed by atoms with van der Waals surface area (Å²) in [4.78, 5) is 11.3. The minimum absolute atomic E-state index is 0.246. The maximum atomic E-state index is 11.3. The zero-order valence-corrected chi connectivity index (χ0v) is 8.04. The van der Waals surface area contributed by atoms with E-state index in [1.54, 1.807) is 6.07 Å². The van der Waals surface area contributed by atoms with Crippen LogP contribution in [0.15, 0.2) is 24.3 Å². The van der Waals surface area contributed by atoms with Crippen molar-refractivity contribution in [2.45, 2.75) is 19.8 Å². The predicted octanol–water partition coefficient (Wildman–Crippen LogP) is 2.43. The summed E-state index contributed by atoms with van der Waals surface area (Å²) in [6.07, 6.45) is 1.96. The van der Waals surface area contributed by atoms with Gasteiger partial charge in [-0.25, -0.2) is 4.79 Å². The Morgan fingerprint density at radius 2 is 2.08 bits per heavy atom. The summed E-state index contributed by atoms with van der Waals surface area (Å²) in [5.41, 5.74) is 1.75. The molecule has 0 atom stereocenters. The third kappa shape index (κ3) is 2.31. The molecule has 0 aromatic heterocycles. The number of aryl methyl sites for hydroxylation is 1. The van der Waals surface area contributed by atoms with Gasteiger partial charge in [0.1, 0.15) is 0 Å². The van der Waals surface area contributed by atoms with Crippen LogP contribution in [0.4, 0.5) is 0 Å². The fraction of sp³-hybridized carbons (Fsp3) is 0.364. The zero-order chi connectivity index (χ0) is 9.68. The van der Waals surface area contributed by atoms with Gasteiger partial charge in [0, 0.05) is 0 Å². The van der Waals surface area contributed by atoms with Crippen LogP contribution in [0.5, 0.6) is 0 Å². The van der Waals surface area contributed by atoms with Gasteiger partial charge in [0.2, 0.25) is 0 Å². The van der Waals surface area contributed by atoms with E-state index in [0.29, 0.717) is 5.56 Å².